The summed E-state index contributed by atoms with van der Waals surface area (Å²) >= 11 is 0. The number of nitrogens with two attached hydrogens (primary N) is 1. The van der Waals surface area contributed by atoms with Crippen molar-refractivity contribution in [2.45, 2.75) is 45.4 Å². The third kappa shape index (κ3) is 5.11. The number of carbonyl (C=O) groups is 1. The van der Waals surface area contributed by atoms with E-state index in [1.807, 2.05) is 12.1 Å². The maximum Gasteiger partial charge on any atom is 0.242 e. The number of H-pyrrole nitrogens is 1. The summed E-state index contributed by atoms with van der Waals surface area (Å²) in [5.74, 6) is -0.280. The number of anilines is 1. The van der Waals surface area contributed by atoms with Crippen LogP contribution in [0, 0.1) is 0 Å². The molecule has 0 amide bonds. The summed E-state index contributed by atoms with van der Waals surface area (Å²) in [6, 6.07) is 13.0. The largest absolute Gasteiger partial charge is 0.449 e. The number of fused-ring (bicyclic) bond motifs is 1. The molecule has 8 nitrogen and oxygen atoms in total. The van der Waals surface area contributed by atoms with Crippen LogP contribution in [0.5, 0.6) is 0 Å². The lowest BCUT2D eigenvalue weighted by atomic mass is 10.0. The lowest BCUT2D eigenvalue weighted by Crippen LogP contribution is -2.12. The van der Waals surface area contributed by atoms with Crippen molar-refractivity contribution in [3.63, 3.8) is 0 Å². The molecule has 0 aliphatic heterocycles. The summed E-state index contributed by atoms with van der Waals surface area (Å²) in [4.78, 5) is 25.7. The van der Waals surface area contributed by atoms with Gasteiger partial charge in [-0.2, -0.15) is 5.21 Å². The van der Waals surface area contributed by atoms with Crippen LogP contribution in [0.2, 0.25) is 0 Å². The lowest BCUT2D eigenvalue weighted by Gasteiger charge is -2.06. The van der Waals surface area contributed by atoms with Crippen LogP contribution >= 0.6 is 0 Å². The van der Waals surface area contributed by atoms with Gasteiger partial charge >= 0.3 is 0 Å². The standard InChI is InChI=1S/C26H27N5O3/c1-2-3-4-5-6-8-17-11-13-18(14-12-17)15-16-21(32)19-9-7-10-20-23(33)22(27)25(34-24(19)20)26-28-30-31-29-26/h7,9-16H,2-6,8,27H2,1H3,(H,28,29,30,31). The van der Waals surface area contributed by atoms with Crippen LogP contribution in [-0.2, 0) is 6.42 Å². The van der Waals surface area contributed by atoms with E-state index in [0.29, 0.717) is 0 Å². The van der Waals surface area contributed by atoms with Gasteiger partial charge in [-0.3, -0.25) is 9.59 Å². The molecule has 0 aliphatic rings. The molecule has 0 saturated carbocycles. The van der Waals surface area contributed by atoms with Crippen LogP contribution in [0.25, 0.3) is 28.6 Å². The van der Waals surface area contributed by atoms with Crippen LogP contribution in [0.1, 0.15) is 60.5 Å². The predicted octanol–water partition coefficient (Wildman–Crippen LogP) is 4.96. The van der Waals surface area contributed by atoms with Gasteiger partial charge in [-0.25, -0.2) is 0 Å². The molecular formula is C26H27N5O3. The normalized spacial score (nSPS) is 11.4. The first kappa shape index (κ1) is 23.1. The van der Waals surface area contributed by atoms with Crippen molar-refractivity contribution in [1.82, 2.24) is 20.6 Å². The van der Waals surface area contributed by atoms with Crippen molar-refractivity contribution < 1.29 is 9.21 Å². The quantitative estimate of drug-likeness (QED) is 0.196. The van der Waals surface area contributed by atoms with E-state index in [9.17, 15) is 9.59 Å². The summed E-state index contributed by atoms with van der Waals surface area (Å²) in [6.45, 7) is 2.22. The number of carbonyl (C=O) groups excluding carboxylic acids is 1. The Labute approximate surface area is 196 Å². The van der Waals surface area contributed by atoms with Crippen LogP contribution in [0.15, 0.2) is 57.8 Å². The molecule has 0 radical (unpaired) electrons. The van der Waals surface area contributed by atoms with Crippen molar-refractivity contribution >= 4 is 28.5 Å². The number of aromatic nitrogens is 4. The van der Waals surface area contributed by atoms with Gasteiger partial charge in [0.1, 0.15) is 11.3 Å². The minimum Gasteiger partial charge on any atom is -0.449 e. The maximum absolute atomic E-state index is 13.0. The van der Waals surface area contributed by atoms with Gasteiger partial charge < -0.3 is 10.2 Å². The average molecular weight is 458 g/mol. The van der Waals surface area contributed by atoms with E-state index in [1.165, 1.54) is 43.7 Å². The minimum absolute atomic E-state index is 0.0271. The number of tetrazole rings is 1. The fourth-order valence-corrected chi connectivity index (χ4v) is 3.84. The Balaban J connectivity index is 1.53. The van der Waals surface area contributed by atoms with Crippen LogP contribution in [0.4, 0.5) is 5.69 Å². The highest BCUT2D eigenvalue weighted by molar-refractivity contribution is 6.13. The van der Waals surface area contributed by atoms with Gasteiger partial charge in [0.25, 0.3) is 0 Å². The first-order chi connectivity index (χ1) is 16.6. The molecule has 4 aromatic rings. The Hall–Kier alpha value is -4.07. The second kappa shape index (κ2) is 10.7. The Kier molecular flexibility index (Phi) is 7.27. The number of aryl methyl sites for hydroxylation is 1. The molecular weight excluding hydrogens is 430 g/mol. The van der Waals surface area contributed by atoms with Crippen molar-refractivity contribution in [3.8, 4) is 11.6 Å². The number of allylic oxidation sites excluding steroid dienone is 1. The van der Waals surface area contributed by atoms with E-state index in [-0.39, 0.29) is 39.6 Å². The summed E-state index contributed by atoms with van der Waals surface area (Å²) in [5, 5.41) is 13.6. The topological polar surface area (TPSA) is 128 Å². The van der Waals surface area contributed by atoms with Crippen molar-refractivity contribution in [3.05, 3.63) is 75.5 Å². The number of para-hydroxylation sites is 1. The third-order valence-corrected chi connectivity index (χ3v) is 5.74. The van der Waals surface area contributed by atoms with Gasteiger partial charge in [0.05, 0.1) is 10.9 Å². The Morgan fingerprint density at radius 3 is 2.62 bits per heavy atom. The minimum atomic E-state index is -0.454. The van der Waals surface area contributed by atoms with Gasteiger partial charge in [0.15, 0.2) is 5.78 Å². The lowest BCUT2D eigenvalue weighted by molar-refractivity contribution is 0.104. The smallest absolute Gasteiger partial charge is 0.242 e. The number of hydrogen-bond donors (Lipinski definition) is 2. The second-order valence-corrected chi connectivity index (χ2v) is 8.20. The molecule has 174 valence electrons. The molecule has 0 atom stereocenters. The molecule has 2 aromatic heterocycles. The van der Waals surface area contributed by atoms with E-state index < -0.39 is 5.43 Å². The van der Waals surface area contributed by atoms with Crippen LogP contribution in [-0.4, -0.2) is 26.4 Å². The Morgan fingerprint density at radius 2 is 1.88 bits per heavy atom. The molecule has 0 fully saturated rings. The Morgan fingerprint density at radius 1 is 1.09 bits per heavy atom. The van der Waals surface area contributed by atoms with E-state index in [4.69, 9.17) is 10.2 Å². The molecule has 8 heteroatoms. The Bertz CT molecular complexity index is 1360. The molecule has 0 aliphatic carbocycles. The SMILES string of the molecule is CCCCCCCc1ccc(C=CC(=O)c2cccc3c(=O)c(N)c(-c4nn[nH]n4)oc23)cc1. The number of ketones is 1. The highest BCUT2D eigenvalue weighted by Crippen LogP contribution is 2.27. The van der Waals surface area contributed by atoms with E-state index in [0.717, 1.165) is 12.0 Å². The third-order valence-electron chi connectivity index (χ3n) is 5.74. The fourth-order valence-electron chi connectivity index (χ4n) is 3.84. The highest BCUT2D eigenvalue weighted by atomic mass is 16.3. The fraction of sp³-hybridized carbons (Fsp3) is 0.269. The van der Waals surface area contributed by atoms with Crippen molar-refractivity contribution in [1.29, 1.82) is 0 Å². The number of aromatic amines is 1. The average Bonchev–Trinajstić information content (AvgIpc) is 3.40. The zero-order valence-electron chi connectivity index (χ0n) is 19.1. The molecule has 34 heavy (non-hydrogen) atoms. The van der Waals surface area contributed by atoms with Gasteiger partial charge in [-0.15, -0.1) is 10.2 Å². The molecule has 0 unspecified atom stereocenters. The van der Waals surface area contributed by atoms with Gasteiger partial charge in [-0.1, -0.05) is 69.0 Å². The summed E-state index contributed by atoms with van der Waals surface area (Å²) < 4.78 is 5.84. The number of nitrogens with zero attached hydrogens (tertiary/aromatic N) is 3. The van der Waals surface area contributed by atoms with Crippen molar-refractivity contribution in [2.75, 3.05) is 5.73 Å². The van der Waals surface area contributed by atoms with Gasteiger partial charge in [0, 0.05) is 0 Å². The molecule has 2 aromatic carbocycles. The maximum atomic E-state index is 13.0. The number of unbranched alkanes of at least 4 members (excludes halogenated alkanes) is 4. The molecule has 2 heterocycles. The van der Waals surface area contributed by atoms with Crippen molar-refractivity contribution in [2.24, 2.45) is 0 Å². The zero-order chi connectivity index (χ0) is 23.9. The van der Waals surface area contributed by atoms with Gasteiger partial charge in [0.2, 0.25) is 17.0 Å². The highest BCUT2D eigenvalue weighted by Gasteiger charge is 2.20. The summed E-state index contributed by atoms with van der Waals surface area (Å²) in [5.41, 5.74) is 7.94. The first-order valence-electron chi connectivity index (χ1n) is 11.5. The second-order valence-electron chi connectivity index (χ2n) is 8.20. The number of rotatable bonds is 10. The summed E-state index contributed by atoms with van der Waals surface area (Å²) in [7, 11) is 0. The molecule has 4 rings (SSSR count). The number of hydrogen-bond acceptors (Lipinski definition) is 7. The number of nitrogens with one attached hydrogen (secondary N) is 1. The molecule has 0 bridgehead atoms. The molecule has 0 spiro atoms. The van der Waals surface area contributed by atoms with Gasteiger partial charge in [-0.05, 0) is 47.4 Å². The zero-order valence-corrected chi connectivity index (χ0v) is 19.1. The summed E-state index contributed by atoms with van der Waals surface area (Å²) in [6.07, 6.45) is 10.6. The molecule has 3 N–H and O–H groups in total. The van der Waals surface area contributed by atoms with E-state index in [1.54, 1.807) is 24.3 Å². The monoisotopic (exact) mass is 457 g/mol. The molecule has 0 saturated heterocycles. The number of benzene rings is 2. The van der Waals surface area contributed by atoms with Crippen LogP contribution < -0.4 is 11.2 Å². The van der Waals surface area contributed by atoms with Crippen LogP contribution in [0.3, 0.4) is 0 Å². The van der Waals surface area contributed by atoms with E-state index in [2.05, 4.69) is 39.7 Å². The first-order valence-corrected chi connectivity index (χ1v) is 11.5. The van der Waals surface area contributed by atoms with E-state index >= 15 is 0 Å². The number of nitrogen functional groups attached to an aromatic ring is 1. The predicted molar refractivity (Wildman–Crippen MR) is 132 cm³/mol.